The summed E-state index contributed by atoms with van der Waals surface area (Å²) in [6, 6.07) is 19.7. The lowest BCUT2D eigenvalue weighted by Crippen LogP contribution is -2.60. The third-order valence-electron chi connectivity index (χ3n) is 22.3. The number of nitrogens with one attached hydrogen (secondary N) is 6. The fourth-order valence-electron chi connectivity index (χ4n) is 15.7. The molecule has 9 amide bonds. The van der Waals surface area contributed by atoms with Gasteiger partial charge < -0.3 is 87.1 Å². The first kappa shape index (κ1) is 88.0. The monoisotopic (exact) mass is 1600 g/mol. The van der Waals surface area contributed by atoms with Crippen LogP contribution in [0, 0.1) is 25.1 Å². The second kappa shape index (κ2) is 41.0. The van der Waals surface area contributed by atoms with Crippen molar-refractivity contribution in [3.63, 3.8) is 0 Å². The van der Waals surface area contributed by atoms with Crippen molar-refractivity contribution >= 4 is 75.6 Å². The second-order valence-electron chi connectivity index (χ2n) is 32.1. The lowest BCUT2D eigenvalue weighted by molar-refractivity contribution is -0.870. The minimum absolute atomic E-state index is 0. The number of hydrogen-bond acceptors (Lipinski definition) is 18. The van der Waals surface area contributed by atoms with Crippen LogP contribution in [0.5, 0.6) is 5.75 Å². The number of fused-ring (bicyclic) bond motifs is 16. The van der Waals surface area contributed by atoms with Gasteiger partial charge in [-0.15, -0.1) is 5.10 Å². The Morgan fingerprint density at radius 3 is 2.23 bits per heavy atom. The van der Waals surface area contributed by atoms with Crippen LogP contribution in [-0.4, -0.2) is 251 Å². The number of halogens is 1. The van der Waals surface area contributed by atoms with E-state index in [0.717, 1.165) is 17.7 Å². The highest BCUT2D eigenvalue weighted by atomic mass is 19.1. The molecule has 2 fully saturated rings. The number of carbonyl (C=O) groups excluding carboxylic acids is 11. The van der Waals surface area contributed by atoms with E-state index >= 15 is 33.2 Å². The highest BCUT2D eigenvalue weighted by Gasteiger charge is 2.50. The minimum atomic E-state index is -1.60. The van der Waals surface area contributed by atoms with Crippen molar-refractivity contribution in [2.24, 2.45) is 11.8 Å². The van der Waals surface area contributed by atoms with E-state index in [1.165, 1.54) is 36.0 Å². The normalized spacial score (nSPS) is 23.6. The number of likely N-dealkylation sites (N-methyl/N-ethyl adjacent to an activating group) is 1. The van der Waals surface area contributed by atoms with E-state index in [2.05, 4.69) is 63.4 Å². The van der Waals surface area contributed by atoms with Gasteiger partial charge in [-0.3, -0.25) is 57.4 Å². The van der Waals surface area contributed by atoms with Crippen molar-refractivity contribution in [2.45, 2.75) is 178 Å². The Morgan fingerprint density at radius 1 is 0.724 bits per heavy atom. The molecule has 2 aromatic heterocycles. The molecule has 6 aliphatic heterocycles. The number of quaternary nitrogens is 1. The molecule has 0 unspecified atom stereocenters. The molecule has 4 aromatic carbocycles. The molecule has 0 radical (unpaired) electrons. The predicted molar refractivity (Wildman–Crippen MR) is 427 cm³/mol. The number of carbonyl (C=O) groups is 11. The van der Waals surface area contributed by atoms with Crippen molar-refractivity contribution in [1.82, 2.24) is 66.2 Å². The predicted octanol–water partition coefficient (Wildman–Crippen LogP) is 3.80. The van der Waals surface area contributed by atoms with E-state index in [1.807, 2.05) is 28.8 Å². The third-order valence-corrected chi connectivity index (χ3v) is 22.3. The van der Waals surface area contributed by atoms with Gasteiger partial charge in [0.2, 0.25) is 53.2 Å². The largest absolute Gasteiger partial charge is 0.497 e. The van der Waals surface area contributed by atoms with Gasteiger partial charge >= 0.3 is 0 Å². The number of benzene rings is 4. The Labute approximate surface area is 676 Å². The van der Waals surface area contributed by atoms with Crippen molar-refractivity contribution < 1.29 is 85.7 Å². The number of nitrogens with zero attached hydrogens (tertiary/aromatic N) is 8. The summed E-state index contributed by atoms with van der Waals surface area (Å²) in [6.07, 6.45) is 0.782. The molecule has 116 heavy (non-hydrogen) atoms. The van der Waals surface area contributed by atoms with Crippen LogP contribution in [-0.2, 0) is 119 Å². The Morgan fingerprint density at radius 2 is 1.47 bits per heavy atom. The fourth-order valence-corrected chi connectivity index (χ4v) is 15.7. The summed E-state index contributed by atoms with van der Waals surface area (Å²) in [5.74, 6) is -10.0. The summed E-state index contributed by atoms with van der Waals surface area (Å²) >= 11 is 0. The summed E-state index contributed by atoms with van der Waals surface area (Å²) in [7, 11) is 7.66. The summed E-state index contributed by atoms with van der Waals surface area (Å²) < 4.78 is 43.3. The molecule has 31 heteroatoms. The van der Waals surface area contributed by atoms with Gasteiger partial charge in [0.15, 0.2) is 11.6 Å². The van der Waals surface area contributed by atoms with Crippen LogP contribution >= 0.6 is 0 Å². The highest BCUT2D eigenvalue weighted by Crippen LogP contribution is 2.35. The molecule has 9 atom stereocenters. The molecule has 14 bridgehead atoms. The SMILES string of the molecule is COc1ccc(C[C@@H]2NC(=O)[C@H]([C@@H](C)O)CC(=O)[C@@H]3[C@@H]4CCN3C(=O)[C@H]3CC(=O)[C@H](Cc5cccc(c5)CNC(=O)CO4)NC(=O)[C@@H](CNC(=O)CCOCCOCC[N+](C)(C)C)NC(=O)CCCCCC(=O)N(CCn4cc(nn4)Cn4cc(c5cc(F)ccc54)C3)Cc3ccc(cc3)CCNC(=O)[C@]3(C)CCCN3C2=O)cc1.[CH3-]. The molecule has 2 saturated heterocycles. The molecule has 12 rings (SSSR count). The van der Waals surface area contributed by atoms with Crippen molar-refractivity contribution in [1.29, 1.82) is 0 Å². The number of ether oxygens (including phenoxy) is 4. The molecule has 8 heterocycles. The Balaban J connectivity index is 0.0000142. The number of Topliss-reactive ketones (excluding diaryl/α,β-unsaturated/α-hetero) is 2. The molecule has 6 aliphatic rings. The van der Waals surface area contributed by atoms with E-state index in [0.29, 0.717) is 94.4 Å². The molecule has 0 spiro atoms. The molecular formula is C85H113FN14O16. The number of aliphatic hydroxyl groups is 1. The zero-order valence-electron chi connectivity index (χ0n) is 67.7. The van der Waals surface area contributed by atoms with Crippen molar-refractivity contribution in [3.8, 4) is 5.75 Å². The summed E-state index contributed by atoms with van der Waals surface area (Å²) in [4.78, 5) is 169. The number of amides is 9. The topological polar surface area (TPSA) is 362 Å². The van der Waals surface area contributed by atoms with Gasteiger partial charge in [-0.1, -0.05) is 72.3 Å². The molecule has 0 saturated carbocycles. The Hall–Kier alpha value is -10.3. The van der Waals surface area contributed by atoms with Crippen LogP contribution in [0.1, 0.15) is 124 Å². The summed E-state index contributed by atoms with van der Waals surface area (Å²) in [6.45, 7) is 4.58. The number of rotatable bonds is 15. The van der Waals surface area contributed by atoms with Crippen molar-refractivity contribution in [3.05, 3.63) is 156 Å². The van der Waals surface area contributed by atoms with Gasteiger partial charge in [0, 0.05) is 107 Å². The van der Waals surface area contributed by atoms with Crippen LogP contribution < -0.4 is 36.6 Å². The highest BCUT2D eigenvalue weighted by molar-refractivity contribution is 5.99. The van der Waals surface area contributed by atoms with Crippen LogP contribution in [0.2, 0.25) is 0 Å². The molecule has 0 aliphatic carbocycles. The first-order valence-electron chi connectivity index (χ1n) is 40.0. The fraction of sp³-hybridized carbons (Fsp3) is 0.529. The minimum Gasteiger partial charge on any atom is -0.497 e. The lowest BCUT2D eigenvalue weighted by Gasteiger charge is -2.37. The number of aliphatic hydroxyl groups excluding tert-OH is 1. The second-order valence-corrected chi connectivity index (χ2v) is 32.1. The van der Waals surface area contributed by atoms with Crippen LogP contribution in [0.4, 0.5) is 4.39 Å². The van der Waals surface area contributed by atoms with Crippen LogP contribution in [0.3, 0.4) is 0 Å². The maximum Gasteiger partial charge on any atom is 0.246 e. The number of aromatic nitrogens is 4. The van der Waals surface area contributed by atoms with E-state index in [-0.39, 0.29) is 130 Å². The Kier molecular flexibility index (Phi) is 31.1. The molecular weight excluding hydrogens is 1490 g/mol. The zero-order valence-corrected chi connectivity index (χ0v) is 67.7. The summed E-state index contributed by atoms with van der Waals surface area (Å²) in [5.41, 5.74) is 3.36. The van der Waals surface area contributed by atoms with Gasteiger partial charge in [-0.2, -0.15) is 0 Å². The molecule has 7 N–H and O–H groups in total. The van der Waals surface area contributed by atoms with Gasteiger partial charge in [-0.25, -0.2) is 4.39 Å². The van der Waals surface area contributed by atoms with E-state index in [1.54, 1.807) is 83.5 Å². The van der Waals surface area contributed by atoms with Crippen LogP contribution in [0.15, 0.2) is 103 Å². The van der Waals surface area contributed by atoms with Gasteiger partial charge in [0.25, 0.3) is 0 Å². The molecule has 30 nitrogen and oxygen atoms in total. The number of methoxy groups -OCH3 is 1. The third kappa shape index (κ3) is 23.9. The maximum atomic E-state index is 16.4. The quantitative estimate of drug-likeness (QED) is 0.0437. The number of ketones is 2. The van der Waals surface area contributed by atoms with Gasteiger partial charge in [0.1, 0.15) is 54.1 Å². The molecule has 626 valence electrons. The van der Waals surface area contributed by atoms with Gasteiger partial charge in [-0.05, 0) is 129 Å². The van der Waals surface area contributed by atoms with Gasteiger partial charge in [0.05, 0.1) is 98.1 Å². The maximum absolute atomic E-state index is 16.4. The van der Waals surface area contributed by atoms with Crippen molar-refractivity contribution in [2.75, 3.05) is 101 Å². The first-order valence-corrected chi connectivity index (χ1v) is 40.0. The zero-order chi connectivity index (χ0) is 81.9. The first-order chi connectivity index (χ1) is 55.2. The molecule has 6 aromatic rings. The average molecular weight is 1610 g/mol. The average Bonchev–Trinajstić information content (AvgIpc) is 1.61. The number of hydrogen-bond donors (Lipinski definition) is 7. The van der Waals surface area contributed by atoms with Crippen LogP contribution in [0.25, 0.3) is 10.9 Å². The van der Waals surface area contributed by atoms with E-state index in [9.17, 15) is 29.1 Å². The summed E-state index contributed by atoms with van der Waals surface area (Å²) in [5, 5.41) is 38.4. The lowest BCUT2D eigenvalue weighted by atomic mass is 9.87. The Bertz CT molecular complexity index is 4450. The standard InChI is InChI=1S/C84H109FN14O16.CH3/c1-54(100)65-46-72(102)78-73-27-32-97(78)81(109)60-43-61-50-95(70-25-22-62(85)45-66(61)70)51-63-52-96(93-92-63)34-33-94(49-57-18-16-55(17-19-57)26-30-86-83(111)84(2)29-11-31-98(84)82(110)68(91-79(65)107)41-56-20-23-64(112-6)24-21-56)77(106)15-9-7-8-14-75(104)89-69(48-88-74(103)28-36-113-38-39-114-37-35-99(3,4)5)80(108)90-67(71(101)44-60)42-58-12-10-13-59(40-58)47-87-76(105)53-115-73;/h10,12-13,16-25,40,45,50,52,54,60,65,67-69,73,78,100H,7-9,11,14-15,26-39,41-44,46-49,51,53H2,1-6H3,(H5-,86,87,88,89,90,91,103,104,105,107,108,111);1H3/q;-1/p+1/t54-,60-,65+,67+,68+,69-,73+,78-,84+;/m1./s1. The van der Waals surface area contributed by atoms with E-state index < -0.39 is 144 Å². The smallest absolute Gasteiger partial charge is 0.246 e. The van der Waals surface area contributed by atoms with E-state index in [4.69, 9.17) is 18.9 Å².